The first kappa shape index (κ1) is 16.4. The second-order valence-electron chi connectivity index (χ2n) is 5.73. The van der Waals surface area contributed by atoms with E-state index in [1.807, 2.05) is 0 Å². The molecule has 1 fully saturated rings. The van der Waals surface area contributed by atoms with Crippen LogP contribution in [0.25, 0.3) is 5.82 Å². The van der Waals surface area contributed by atoms with Crippen molar-refractivity contribution in [1.29, 1.82) is 0 Å². The zero-order chi connectivity index (χ0) is 17.9. The van der Waals surface area contributed by atoms with Gasteiger partial charge in [0.15, 0.2) is 5.82 Å². The topological polar surface area (TPSA) is 92.9 Å². The Morgan fingerprint density at radius 2 is 1.69 bits per heavy atom. The lowest BCUT2D eigenvalue weighted by molar-refractivity contribution is 0.0746. The molecule has 132 valence electrons. The van der Waals surface area contributed by atoms with Crippen LogP contribution >= 0.6 is 11.6 Å². The molecule has 0 bridgehead atoms. The molecule has 4 rings (SSSR count). The molecule has 26 heavy (non-hydrogen) atoms. The maximum atomic E-state index is 12.7. The molecule has 0 aromatic carbocycles. The predicted octanol–water partition coefficient (Wildman–Crippen LogP) is 1.07. The van der Waals surface area contributed by atoms with Crippen LogP contribution in [0.5, 0.6) is 0 Å². The molecule has 1 aliphatic rings. The summed E-state index contributed by atoms with van der Waals surface area (Å²) in [6.07, 6.45) is 7.95. The van der Waals surface area contributed by atoms with Crippen molar-refractivity contribution in [2.45, 2.75) is 0 Å². The number of rotatable bonds is 3. The highest BCUT2D eigenvalue weighted by Gasteiger charge is 2.24. The van der Waals surface area contributed by atoms with Crippen molar-refractivity contribution >= 4 is 23.5 Å². The van der Waals surface area contributed by atoms with Gasteiger partial charge >= 0.3 is 0 Å². The molecule has 0 atom stereocenters. The maximum Gasteiger partial charge on any atom is 0.255 e. The molecule has 9 nitrogen and oxygen atoms in total. The van der Waals surface area contributed by atoms with Crippen molar-refractivity contribution in [3.63, 3.8) is 0 Å². The van der Waals surface area contributed by atoms with Gasteiger partial charge in [0.2, 0.25) is 5.95 Å². The Labute approximate surface area is 154 Å². The monoisotopic (exact) mass is 370 g/mol. The van der Waals surface area contributed by atoms with Gasteiger partial charge in [-0.15, -0.1) is 10.2 Å². The fourth-order valence-electron chi connectivity index (χ4n) is 2.79. The number of carbonyl (C=O) groups excluding carboxylic acids is 1. The van der Waals surface area contributed by atoms with Gasteiger partial charge in [-0.2, -0.15) is 0 Å². The van der Waals surface area contributed by atoms with Crippen LogP contribution in [0.1, 0.15) is 10.4 Å². The molecule has 10 heteroatoms. The molecule has 4 heterocycles. The Balaban J connectivity index is 1.45. The van der Waals surface area contributed by atoms with E-state index < -0.39 is 0 Å². The van der Waals surface area contributed by atoms with E-state index in [0.717, 1.165) is 0 Å². The first-order chi connectivity index (χ1) is 12.7. The van der Waals surface area contributed by atoms with Crippen molar-refractivity contribution in [3.8, 4) is 5.82 Å². The molecule has 0 radical (unpaired) electrons. The first-order valence-corrected chi connectivity index (χ1v) is 8.42. The number of aromatic nitrogens is 6. The molecular weight excluding hydrogens is 356 g/mol. The third kappa shape index (κ3) is 3.21. The minimum atomic E-state index is -0.0941. The van der Waals surface area contributed by atoms with Gasteiger partial charge in [0.25, 0.3) is 5.91 Å². The standard InChI is InChI=1S/C16H15ClN8O/c17-13-8-12(9-20-14(13)25-10-21-22-11-25)15(26)23-4-6-24(7-5-23)16-18-2-1-3-19-16/h1-3,8-11H,4-7H2. The van der Waals surface area contributed by atoms with Crippen LogP contribution < -0.4 is 4.90 Å². The lowest BCUT2D eigenvalue weighted by Gasteiger charge is -2.34. The zero-order valence-electron chi connectivity index (χ0n) is 13.7. The van der Waals surface area contributed by atoms with E-state index in [1.165, 1.54) is 18.9 Å². The van der Waals surface area contributed by atoms with E-state index in [0.29, 0.717) is 48.5 Å². The van der Waals surface area contributed by atoms with E-state index in [9.17, 15) is 4.79 Å². The van der Waals surface area contributed by atoms with Gasteiger partial charge < -0.3 is 9.80 Å². The number of pyridine rings is 1. The average Bonchev–Trinajstić information content (AvgIpc) is 3.22. The predicted molar refractivity (Wildman–Crippen MR) is 94.3 cm³/mol. The van der Waals surface area contributed by atoms with E-state index in [4.69, 9.17) is 11.6 Å². The average molecular weight is 371 g/mol. The lowest BCUT2D eigenvalue weighted by atomic mass is 10.2. The highest BCUT2D eigenvalue weighted by Crippen LogP contribution is 2.20. The molecular formula is C16H15ClN8O. The fraction of sp³-hybridized carbons (Fsp3) is 0.250. The molecule has 3 aromatic heterocycles. The zero-order valence-corrected chi connectivity index (χ0v) is 14.5. The summed E-state index contributed by atoms with van der Waals surface area (Å²) in [6.45, 7) is 2.52. The number of anilines is 1. The Morgan fingerprint density at radius 3 is 2.35 bits per heavy atom. The third-order valence-electron chi connectivity index (χ3n) is 4.13. The summed E-state index contributed by atoms with van der Waals surface area (Å²) in [5.74, 6) is 1.07. The van der Waals surface area contributed by atoms with Crippen LogP contribution in [0.15, 0.2) is 43.4 Å². The lowest BCUT2D eigenvalue weighted by Crippen LogP contribution is -2.49. The second kappa shape index (κ2) is 7.04. The molecule has 0 aliphatic carbocycles. The largest absolute Gasteiger partial charge is 0.337 e. The fourth-order valence-corrected chi connectivity index (χ4v) is 3.06. The molecule has 3 aromatic rings. The number of amides is 1. The normalized spacial score (nSPS) is 14.5. The van der Waals surface area contributed by atoms with E-state index >= 15 is 0 Å². The smallest absolute Gasteiger partial charge is 0.255 e. The van der Waals surface area contributed by atoms with Gasteiger partial charge in [-0.25, -0.2) is 15.0 Å². The van der Waals surface area contributed by atoms with Gasteiger partial charge in [-0.05, 0) is 12.1 Å². The first-order valence-electron chi connectivity index (χ1n) is 8.04. The van der Waals surface area contributed by atoms with Crippen LogP contribution in [0, 0.1) is 0 Å². The minimum absolute atomic E-state index is 0.0941. The second-order valence-corrected chi connectivity index (χ2v) is 6.13. The highest BCUT2D eigenvalue weighted by molar-refractivity contribution is 6.32. The molecule has 1 aliphatic heterocycles. The van der Waals surface area contributed by atoms with Crippen LogP contribution in [-0.2, 0) is 0 Å². The number of hydrogen-bond acceptors (Lipinski definition) is 7. The minimum Gasteiger partial charge on any atom is -0.337 e. The summed E-state index contributed by atoms with van der Waals surface area (Å²) in [7, 11) is 0. The summed E-state index contributed by atoms with van der Waals surface area (Å²) < 4.78 is 1.59. The number of piperazine rings is 1. The van der Waals surface area contributed by atoms with Gasteiger partial charge in [0.1, 0.15) is 12.7 Å². The van der Waals surface area contributed by atoms with Crippen LogP contribution in [0.3, 0.4) is 0 Å². The van der Waals surface area contributed by atoms with Gasteiger partial charge in [-0.1, -0.05) is 11.6 Å². The van der Waals surface area contributed by atoms with Crippen LogP contribution in [-0.4, -0.2) is 66.7 Å². The van der Waals surface area contributed by atoms with Crippen molar-refractivity contribution < 1.29 is 4.79 Å². The van der Waals surface area contributed by atoms with E-state index in [-0.39, 0.29) is 5.91 Å². The molecule has 0 saturated carbocycles. The molecule has 0 N–H and O–H groups in total. The molecule has 0 spiro atoms. The Morgan fingerprint density at radius 1 is 1.00 bits per heavy atom. The summed E-state index contributed by atoms with van der Waals surface area (Å²) in [6, 6.07) is 3.41. The summed E-state index contributed by atoms with van der Waals surface area (Å²) >= 11 is 6.27. The number of hydrogen-bond donors (Lipinski definition) is 0. The Kier molecular flexibility index (Phi) is 4.44. The van der Waals surface area contributed by atoms with Gasteiger partial charge in [-0.3, -0.25) is 9.36 Å². The highest BCUT2D eigenvalue weighted by atomic mass is 35.5. The molecule has 1 saturated heterocycles. The number of halogens is 1. The van der Waals surface area contributed by atoms with Crippen LogP contribution in [0.4, 0.5) is 5.95 Å². The van der Waals surface area contributed by atoms with Gasteiger partial charge in [0, 0.05) is 44.8 Å². The molecule has 0 unspecified atom stereocenters. The van der Waals surface area contributed by atoms with E-state index in [2.05, 4.69) is 30.0 Å². The quantitative estimate of drug-likeness (QED) is 0.680. The van der Waals surface area contributed by atoms with Gasteiger partial charge in [0.05, 0.1) is 10.6 Å². The van der Waals surface area contributed by atoms with Crippen molar-refractivity contribution in [2.24, 2.45) is 0 Å². The van der Waals surface area contributed by atoms with Crippen molar-refractivity contribution in [1.82, 2.24) is 34.6 Å². The van der Waals surface area contributed by atoms with Crippen LogP contribution in [0.2, 0.25) is 5.02 Å². The van der Waals surface area contributed by atoms with Crippen molar-refractivity contribution in [3.05, 3.63) is 54.0 Å². The molecule has 1 amide bonds. The maximum absolute atomic E-state index is 12.7. The Hall–Kier alpha value is -3.07. The summed E-state index contributed by atoms with van der Waals surface area (Å²) in [5, 5.41) is 7.82. The van der Waals surface area contributed by atoms with E-state index in [1.54, 1.807) is 34.0 Å². The SMILES string of the molecule is O=C(c1cnc(-n2cnnc2)c(Cl)c1)N1CCN(c2ncccn2)CC1. The number of carbonyl (C=O) groups is 1. The summed E-state index contributed by atoms with van der Waals surface area (Å²) in [4.78, 5) is 29.3. The summed E-state index contributed by atoms with van der Waals surface area (Å²) in [5.41, 5.74) is 0.455. The number of nitrogens with zero attached hydrogens (tertiary/aromatic N) is 8. The third-order valence-corrected chi connectivity index (χ3v) is 4.41. The van der Waals surface area contributed by atoms with Crippen molar-refractivity contribution in [2.75, 3.05) is 31.1 Å². The Bertz CT molecular complexity index is 894.